The molecule has 0 aromatic heterocycles. The van der Waals surface area contributed by atoms with Crippen molar-refractivity contribution in [2.45, 2.75) is 64.8 Å². The van der Waals surface area contributed by atoms with Gasteiger partial charge in [-0.1, -0.05) is 39.5 Å². The number of aliphatic carboxylic acids is 1. The summed E-state index contributed by atoms with van der Waals surface area (Å²) in [5.74, 6) is -0.529. The Bertz CT molecular complexity index is 369. The zero-order valence-electron chi connectivity index (χ0n) is 12.6. The molecular formula is C16H27NO3. The average molecular weight is 281 g/mol. The van der Waals surface area contributed by atoms with Gasteiger partial charge < -0.3 is 10.4 Å². The average Bonchev–Trinajstić information content (AvgIpc) is 2.43. The lowest BCUT2D eigenvalue weighted by Gasteiger charge is -2.36. The Morgan fingerprint density at radius 1 is 0.950 bits per heavy atom. The Hall–Kier alpha value is -1.06. The summed E-state index contributed by atoms with van der Waals surface area (Å²) in [4.78, 5) is 23.8. The minimum atomic E-state index is -0.810. The van der Waals surface area contributed by atoms with Crippen LogP contribution in [0.1, 0.15) is 58.8 Å². The van der Waals surface area contributed by atoms with Crippen molar-refractivity contribution in [3.05, 3.63) is 0 Å². The molecule has 0 aromatic carbocycles. The Kier molecular flexibility index (Phi) is 5.06. The van der Waals surface area contributed by atoms with Gasteiger partial charge in [0.1, 0.15) is 0 Å². The first-order valence-corrected chi connectivity index (χ1v) is 8.04. The lowest BCUT2D eigenvalue weighted by Crippen LogP contribution is -2.48. The first-order valence-electron chi connectivity index (χ1n) is 8.04. The maximum atomic E-state index is 12.5. The smallest absolute Gasteiger partial charge is 0.307 e. The van der Waals surface area contributed by atoms with Gasteiger partial charge in [0.25, 0.3) is 0 Å². The second kappa shape index (κ2) is 6.59. The van der Waals surface area contributed by atoms with E-state index in [9.17, 15) is 14.7 Å². The van der Waals surface area contributed by atoms with E-state index >= 15 is 0 Å². The number of carbonyl (C=O) groups excluding carboxylic acids is 1. The predicted molar refractivity (Wildman–Crippen MR) is 77.2 cm³/mol. The van der Waals surface area contributed by atoms with E-state index in [1.165, 1.54) is 6.42 Å². The zero-order chi connectivity index (χ0) is 14.7. The lowest BCUT2D eigenvalue weighted by molar-refractivity contribution is -0.149. The third kappa shape index (κ3) is 3.33. The number of carboxylic acids is 1. The molecule has 0 aliphatic heterocycles. The Balaban J connectivity index is 1.97. The van der Waals surface area contributed by atoms with E-state index in [0.717, 1.165) is 32.1 Å². The summed E-state index contributed by atoms with van der Waals surface area (Å²) in [6.07, 6.45) is 6.68. The molecule has 20 heavy (non-hydrogen) atoms. The van der Waals surface area contributed by atoms with E-state index in [4.69, 9.17) is 0 Å². The number of hydrogen-bond acceptors (Lipinski definition) is 2. The zero-order valence-corrected chi connectivity index (χ0v) is 12.6. The molecule has 2 N–H and O–H groups in total. The van der Waals surface area contributed by atoms with Crippen LogP contribution >= 0.6 is 0 Å². The lowest BCUT2D eigenvalue weighted by atomic mass is 9.76. The molecule has 2 aliphatic rings. The van der Waals surface area contributed by atoms with Crippen molar-refractivity contribution in [1.82, 2.24) is 5.32 Å². The summed E-state index contributed by atoms with van der Waals surface area (Å²) in [7, 11) is 0. The SMILES string of the molecule is C[C@@H]1[C@@H](C)CCC[C@H]1NC(=O)[C@@H]1CCCC[C@@H]1C(=O)O. The van der Waals surface area contributed by atoms with Crippen molar-refractivity contribution < 1.29 is 14.7 Å². The molecule has 4 heteroatoms. The van der Waals surface area contributed by atoms with Gasteiger partial charge in [-0.25, -0.2) is 0 Å². The molecule has 0 radical (unpaired) electrons. The number of rotatable bonds is 3. The molecule has 0 spiro atoms. The first-order chi connectivity index (χ1) is 9.50. The number of carbonyl (C=O) groups is 2. The molecule has 5 atom stereocenters. The topological polar surface area (TPSA) is 66.4 Å². The molecule has 1 amide bonds. The van der Waals surface area contributed by atoms with E-state index in [1.54, 1.807) is 0 Å². The molecule has 0 aromatic rings. The number of nitrogens with one attached hydrogen (secondary N) is 1. The Labute approximate surface area is 121 Å². The standard InChI is InChI=1S/C16H27NO3/c1-10-6-5-9-14(11(10)2)17-15(18)12-7-3-4-8-13(12)16(19)20/h10-14H,3-9H2,1-2H3,(H,17,18)(H,19,20)/t10-,11+,12+,13-,14+/m0/s1. The predicted octanol–water partition coefficient (Wildman–Crippen LogP) is 2.82. The number of amides is 1. The van der Waals surface area contributed by atoms with Gasteiger partial charge in [0.2, 0.25) is 5.91 Å². The van der Waals surface area contributed by atoms with Crippen LogP contribution in [-0.4, -0.2) is 23.0 Å². The number of hydrogen-bond donors (Lipinski definition) is 2. The van der Waals surface area contributed by atoms with Gasteiger partial charge in [0.15, 0.2) is 0 Å². The minimum Gasteiger partial charge on any atom is -0.481 e. The van der Waals surface area contributed by atoms with Crippen LogP contribution in [0.25, 0.3) is 0 Å². The van der Waals surface area contributed by atoms with Crippen molar-refractivity contribution >= 4 is 11.9 Å². The summed E-state index contributed by atoms with van der Waals surface area (Å²) < 4.78 is 0. The van der Waals surface area contributed by atoms with Crippen molar-refractivity contribution in [2.75, 3.05) is 0 Å². The molecule has 114 valence electrons. The van der Waals surface area contributed by atoms with E-state index < -0.39 is 11.9 Å². The van der Waals surface area contributed by atoms with Crippen LogP contribution in [-0.2, 0) is 9.59 Å². The molecule has 0 heterocycles. The van der Waals surface area contributed by atoms with Gasteiger partial charge in [0, 0.05) is 6.04 Å². The van der Waals surface area contributed by atoms with Crippen LogP contribution in [0.15, 0.2) is 0 Å². The van der Waals surface area contributed by atoms with E-state index in [-0.39, 0.29) is 17.9 Å². The summed E-state index contributed by atoms with van der Waals surface area (Å²) in [5, 5.41) is 12.4. The fourth-order valence-corrected chi connectivity index (χ4v) is 3.82. The van der Waals surface area contributed by atoms with Crippen LogP contribution in [0.2, 0.25) is 0 Å². The second-order valence-electron chi connectivity index (χ2n) is 6.72. The van der Waals surface area contributed by atoms with Gasteiger partial charge >= 0.3 is 5.97 Å². The summed E-state index contributed by atoms with van der Waals surface area (Å²) >= 11 is 0. The largest absolute Gasteiger partial charge is 0.481 e. The highest BCUT2D eigenvalue weighted by molar-refractivity contribution is 5.85. The second-order valence-corrected chi connectivity index (χ2v) is 6.72. The third-order valence-corrected chi connectivity index (χ3v) is 5.45. The molecule has 2 rings (SSSR count). The van der Waals surface area contributed by atoms with Crippen molar-refractivity contribution in [3.8, 4) is 0 Å². The van der Waals surface area contributed by atoms with Gasteiger partial charge in [-0.2, -0.15) is 0 Å². The van der Waals surface area contributed by atoms with Gasteiger partial charge in [0.05, 0.1) is 11.8 Å². The summed E-state index contributed by atoms with van der Waals surface area (Å²) in [6, 6.07) is 0.225. The molecule has 0 saturated heterocycles. The van der Waals surface area contributed by atoms with Crippen molar-refractivity contribution in [2.24, 2.45) is 23.7 Å². The highest BCUT2D eigenvalue weighted by atomic mass is 16.4. The fourth-order valence-electron chi connectivity index (χ4n) is 3.82. The van der Waals surface area contributed by atoms with Crippen LogP contribution in [0.5, 0.6) is 0 Å². The summed E-state index contributed by atoms with van der Waals surface area (Å²) in [6.45, 7) is 4.44. The Morgan fingerprint density at radius 2 is 1.60 bits per heavy atom. The quantitative estimate of drug-likeness (QED) is 0.836. The van der Waals surface area contributed by atoms with Gasteiger partial charge in [-0.15, -0.1) is 0 Å². The molecule has 4 nitrogen and oxygen atoms in total. The normalized spacial score (nSPS) is 38.2. The van der Waals surface area contributed by atoms with E-state index in [2.05, 4.69) is 19.2 Å². The third-order valence-electron chi connectivity index (χ3n) is 5.45. The summed E-state index contributed by atoms with van der Waals surface area (Å²) in [5.41, 5.74) is 0. The maximum absolute atomic E-state index is 12.5. The van der Waals surface area contributed by atoms with E-state index in [1.807, 2.05) is 0 Å². The monoisotopic (exact) mass is 281 g/mol. The van der Waals surface area contributed by atoms with E-state index in [0.29, 0.717) is 18.3 Å². The number of carboxylic acid groups (broad SMARTS) is 1. The first kappa shape index (κ1) is 15.3. The van der Waals surface area contributed by atoms with Crippen molar-refractivity contribution in [3.63, 3.8) is 0 Å². The van der Waals surface area contributed by atoms with Crippen LogP contribution in [0.4, 0.5) is 0 Å². The van der Waals surface area contributed by atoms with Crippen LogP contribution in [0.3, 0.4) is 0 Å². The van der Waals surface area contributed by atoms with Gasteiger partial charge in [-0.3, -0.25) is 9.59 Å². The maximum Gasteiger partial charge on any atom is 0.307 e. The molecular weight excluding hydrogens is 254 g/mol. The highest BCUT2D eigenvalue weighted by Gasteiger charge is 2.37. The van der Waals surface area contributed by atoms with Crippen molar-refractivity contribution in [1.29, 1.82) is 0 Å². The van der Waals surface area contributed by atoms with Crippen LogP contribution < -0.4 is 5.32 Å². The molecule has 0 unspecified atom stereocenters. The molecule has 2 saturated carbocycles. The Morgan fingerprint density at radius 3 is 2.25 bits per heavy atom. The van der Waals surface area contributed by atoms with Crippen LogP contribution in [0, 0.1) is 23.7 Å². The highest BCUT2D eigenvalue weighted by Crippen LogP contribution is 2.33. The minimum absolute atomic E-state index is 0.0250. The molecule has 2 aliphatic carbocycles. The fraction of sp³-hybridized carbons (Fsp3) is 0.875. The molecule has 2 fully saturated rings. The van der Waals surface area contributed by atoms with Gasteiger partial charge in [-0.05, 0) is 31.1 Å². The molecule has 0 bridgehead atoms.